The smallest absolute Gasteiger partial charge is 0.387 e. The molecule has 1 aromatic heterocycles. The monoisotopic (exact) mass is 318 g/mol. The van der Waals surface area contributed by atoms with Crippen LogP contribution in [0.5, 0.6) is 5.75 Å². The highest BCUT2D eigenvalue weighted by molar-refractivity contribution is 6.37. The van der Waals surface area contributed by atoms with Gasteiger partial charge in [0, 0.05) is 24.6 Å². The van der Waals surface area contributed by atoms with Gasteiger partial charge in [-0.25, -0.2) is 0 Å². The molecule has 1 N–H and O–H groups in total. The molecule has 106 valence electrons. The second-order valence-electron chi connectivity index (χ2n) is 3.86. The molecular formula is C13H10Cl2F2N2O. The van der Waals surface area contributed by atoms with E-state index in [4.69, 9.17) is 23.2 Å². The van der Waals surface area contributed by atoms with Gasteiger partial charge in [0.15, 0.2) is 5.75 Å². The number of anilines is 1. The van der Waals surface area contributed by atoms with Crippen molar-refractivity contribution in [2.75, 3.05) is 5.32 Å². The molecular weight excluding hydrogens is 309 g/mol. The average Bonchev–Trinajstić information content (AvgIpc) is 2.41. The SMILES string of the molecule is FC(F)Oc1c(Cl)cc(NCc2cccnc2)cc1Cl. The van der Waals surface area contributed by atoms with Crippen molar-refractivity contribution in [2.45, 2.75) is 13.2 Å². The largest absolute Gasteiger partial charge is 0.432 e. The maximum Gasteiger partial charge on any atom is 0.387 e. The first-order valence-electron chi connectivity index (χ1n) is 5.63. The Morgan fingerprint density at radius 1 is 1.25 bits per heavy atom. The van der Waals surface area contributed by atoms with Gasteiger partial charge in [0.2, 0.25) is 0 Å². The molecule has 0 saturated carbocycles. The zero-order chi connectivity index (χ0) is 14.5. The van der Waals surface area contributed by atoms with E-state index in [9.17, 15) is 8.78 Å². The molecule has 0 aliphatic rings. The standard InChI is InChI=1S/C13H10Cl2F2N2O/c14-10-4-9(5-11(15)12(10)20-13(16)17)19-7-8-2-1-3-18-6-8/h1-6,13,19H,7H2. The maximum absolute atomic E-state index is 12.2. The van der Waals surface area contributed by atoms with Crippen LogP contribution in [0.1, 0.15) is 5.56 Å². The third kappa shape index (κ3) is 3.95. The highest BCUT2D eigenvalue weighted by Crippen LogP contribution is 2.37. The lowest BCUT2D eigenvalue weighted by molar-refractivity contribution is -0.0497. The zero-order valence-electron chi connectivity index (χ0n) is 10.1. The molecule has 1 aromatic carbocycles. The summed E-state index contributed by atoms with van der Waals surface area (Å²) in [5, 5.41) is 3.11. The van der Waals surface area contributed by atoms with Gasteiger partial charge in [0.1, 0.15) is 0 Å². The summed E-state index contributed by atoms with van der Waals surface area (Å²) in [5.41, 5.74) is 1.57. The fraction of sp³-hybridized carbons (Fsp3) is 0.154. The van der Waals surface area contributed by atoms with Crippen molar-refractivity contribution in [1.82, 2.24) is 4.98 Å². The summed E-state index contributed by atoms with van der Waals surface area (Å²) in [7, 11) is 0. The molecule has 0 fully saturated rings. The molecule has 0 radical (unpaired) electrons. The van der Waals surface area contributed by atoms with E-state index >= 15 is 0 Å². The molecule has 3 nitrogen and oxygen atoms in total. The van der Waals surface area contributed by atoms with Gasteiger partial charge in [0.25, 0.3) is 0 Å². The lowest BCUT2D eigenvalue weighted by atomic mass is 10.2. The summed E-state index contributed by atoms with van der Waals surface area (Å²) in [6, 6.07) is 6.66. The molecule has 2 rings (SSSR count). The Hall–Kier alpha value is -1.59. The van der Waals surface area contributed by atoms with Crippen LogP contribution in [0.3, 0.4) is 0 Å². The summed E-state index contributed by atoms with van der Waals surface area (Å²) >= 11 is 11.7. The average molecular weight is 319 g/mol. The van der Waals surface area contributed by atoms with E-state index in [0.29, 0.717) is 12.2 Å². The second kappa shape index (κ2) is 6.72. The van der Waals surface area contributed by atoms with Gasteiger partial charge in [0.05, 0.1) is 10.0 Å². The van der Waals surface area contributed by atoms with Gasteiger partial charge in [-0.3, -0.25) is 4.98 Å². The number of aromatic nitrogens is 1. The Morgan fingerprint density at radius 2 is 1.95 bits per heavy atom. The minimum Gasteiger partial charge on any atom is -0.432 e. The molecule has 1 heterocycles. The van der Waals surface area contributed by atoms with E-state index in [1.807, 2.05) is 12.1 Å². The molecule has 0 bridgehead atoms. The third-order valence-electron chi connectivity index (χ3n) is 2.42. The molecule has 2 aromatic rings. The Bertz CT molecular complexity index is 559. The van der Waals surface area contributed by atoms with Gasteiger partial charge < -0.3 is 10.1 Å². The molecule has 0 saturated heterocycles. The van der Waals surface area contributed by atoms with Crippen molar-refractivity contribution in [3.8, 4) is 5.75 Å². The Kier molecular flexibility index (Phi) is 4.98. The number of nitrogens with one attached hydrogen (secondary N) is 1. The van der Waals surface area contributed by atoms with E-state index in [0.717, 1.165) is 5.56 Å². The summed E-state index contributed by atoms with van der Waals surface area (Å²) < 4.78 is 28.6. The highest BCUT2D eigenvalue weighted by atomic mass is 35.5. The van der Waals surface area contributed by atoms with Crippen LogP contribution in [0, 0.1) is 0 Å². The fourth-order valence-electron chi connectivity index (χ4n) is 1.57. The lowest BCUT2D eigenvalue weighted by Crippen LogP contribution is -2.04. The van der Waals surface area contributed by atoms with Crippen molar-refractivity contribution < 1.29 is 13.5 Å². The lowest BCUT2D eigenvalue weighted by Gasteiger charge is -2.12. The van der Waals surface area contributed by atoms with E-state index in [2.05, 4.69) is 15.0 Å². The highest BCUT2D eigenvalue weighted by Gasteiger charge is 2.14. The second-order valence-corrected chi connectivity index (χ2v) is 4.68. The number of halogens is 4. The van der Waals surface area contributed by atoms with Crippen LogP contribution < -0.4 is 10.1 Å². The number of rotatable bonds is 5. The Labute approximate surface area is 124 Å². The van der Waals surface area contributed by atoms with Crippen molar-refractivity contribution in [1.29, 1.82) is 0 Å². The van der Waals surface area contributed by atoms with Crippen LogP contribution >= 0.6 is 23.2 Å². The Morgan fingerprint density at radius 3 is 2.50 bits per heavy atom. The van der Waals surface area contributed by atoms with Crippen molar-refractivity contribution in [3.63, 3.8) is 0 Å². The van der Waals surface area contributed by atoms with E-state index in [-0.39, 0.29) is 15.8 Å². The third-order valence-corrected chi connectivity index (χ3v) is 2.99. The van der Waals surface area contributed by atoms with Crippen LogP contribution in [0.25, 0.3) is 0 Å². The van der Waals surface area contributed by atoms with Crippen molar-refractivity contribution in [3.05, 3.63) is 52.3 Å². The number of nitrogens with zero attached hydrogens (tertiary/aromatic N) is 1. The first-order valence-corrected chi connectivity index (χ1v) is 6.38. The molecule has 0 aliphatic carbocycles. The number of hydrogen-bond donors (Lipinski definition) is 1. The number of hydrogen-bond acceptors (Lipinski definition) is 3. The van der Waals surface area contributed by atoms with Crippen LogP contribution in [0.4, 0.5) is 14.5 Å². The van der Waals surface area contributed by atoms with Crippen LogP contribution in [0.15, 0.2) is 36.7 Å². The summed E-state index contributed by atoms with van der Waals surface area (Å²) in [6.45, 7) is -2.46. The minimum absolute atomic E-state index is 0.0199. The quantitative estimate of drug-likeness (QED) is 0.874. The van der Waals surface area contributed by atoms with Crippen LogP contribution in [-0.2, 0) is 6.54 Å². The predicted molar refractivity (Wildman–Crippen MR) is 74.7 cm³/mol. The number of benzene rings is 1. The molecule has 0 spiro atoms. The molecule has 0 amide bonds. The summed E-state index contributed by atoms with van der Waals surface area (Å²) in [6.07, 6.45) is 3.39. The fourth-order valence-corrected chi connectivity index (χ4v) is 2.15. The number of ether oxygens (including phenoxy) is 1. The van der Waals surface area contributed by atoms with Gasteiger partial charge >= 0.3 is 6.61 Å². The normalized spacial score (nSPS) is 10.7. The number of alkyl halides is 2. The van der Waals surface area contributed by atoms with Gasteiger partial charge in [-0.1, -0.05) is 29.3 Å². The summed E-state index contributed by atoms with van der Waals surface area (Å²) in [4.78, 5) is 3.98. The van der Waals surface area contributed by atoms with Crippen LogP contribution in [-0.4, -0.2) is 11.6 Å². The summed E-state index contributed by atoms with van der Waals surface area (Å²) in [5.74, 6) is -0.227. The predicted octanol–water partition coefficient (Wildman–Crippen LogP) is 4.60. The first-order chi connectivity index (χ1) is 9.56. The molecule has 0 unspecified atom stereocenters. The van der Waals surface area contributed by atoms with Crippen molar-refractivity contribution >= 4 is 28.9 Å². The van der Waals surface area contributed by atoms with Gasteiger partial charge in [-0.2, -0.15) is 8.78 Å². The van der Waals surface area contributed by atoms with Crippen LogP contribution in [0.2, 0.25) is 10.0 Å². The maximum atomic E-state index is 12.2. The molecule has 20 heavy (non-hydrogen) atoms. The Balaban J connectivity index is 2.10. The minimum atomic E-state index is -2.97. The van der Waals surface area contributed by atoms with E-state index in [1.54, 1.807) is 12.4 Å². The molecule has 0 aliphatic heterocycles. The first kappa shape index (κ1) is 14.8. The van der Waals surface area contributed by atoms with Crippen molar-refractivity contribution in [2.24, 2.45) is 0 Å². The van der Waals surface area contributed by atoms with E-state index in [1.165, 1.54) is 12.1 Å². The van der Waals surface area contributed by atoms with Gasteiger partial charge in [-0.05, 0) is 23.8 Å². The number of pyridine rings is 1. The zero-order valence-corrected chi connectivity index (χ0v) is 11.6. The van der Waals surface area contributed by atoms with E-state index < -0.39 is 6.61 Å². The molecule has 0 atom stereocenters. The van der Waals surface area contributed by atoms with Gasteiger partial charge in [-0.15, -0.1) is 0 Å². The molecule has 7 heteroatoms. The topological polar surface area (TPSA) is 34.1 Å².